The molecule has 0 radical (unpaired) electrons. The van der Waals surface area contributed by atoms with Crippen LogP contribution in [0.25, 0.3) is 0 Å². The molecule has 1 saturated carbocycles. The van der Waals surface area contributed by atoms with E-state index in [0.717, 1.165) is 24.6 Å². The average Bonchev–Trinajstić information content (AvgIpc) is 2.28. The van der Waals surface area contributed by atoms with Gasteiger partial charge in [-0.15, -0.1) is 0 Å². The highest BCUT2D eigenvalue weighted by Gasteiger charge is 2.24. The standard InChI is InChI=1S/C12H20N4O/c1-13-12-8-14-10(7-15-12)9-16(5-6-17)11-3-2-4-11/h7-8,11,17H,2-6,9H2,1H3,(H,13,15). The average molecular weight is 236 g/mol. The zero-order valence-electron chi connectivity index (χ0n) is 10.3. The van der Waals surface area contributed by atoms with Gasteiger partial charge in [0.25, 0.3) is 0 Å². The number of aromatic nitrogens is 2. The van der Waals surface area contributed by atoms with Gasteiger partial charge in [0.1, 0.15) is 5.82 Å². The SMILES string of the molecule is CNc1cnc(CN(CCO)C2CCC2)cn1. The normalized spacial score (nSPS) is 15.9. The molecular weight excluding hydrogens is 216 g/mol. The highest BCUT2D eigenvalue weighted by molar-refractivity contribution is 5.29. The molecule has 1 aromatic heterocycles. The zero-order chi connectivity index (χ0) is 12.1. The molecule has 0 aromatic carbocycles. The number of nitrogens with zero attached hydrogens (tertiary/aromatic N) is 3. The molecule has 1 fully saturated rings. The van der Waals surface area contributed by atoms with Crippen molar-refractivity contribution < 1.29 is 5.11 Å². The minimum Gasteiger partial charge on any atom is -0.395 e. The van der Waals surface area contributed by atoms with E-state index < -0.39 is 0 Å². The maximum Gasteiger partial charge on any atom is 0.144 e. The van der Waals surface area contributed by atoms with Crippen LogP contribution >= 0.6 is 0 Å². The van der Waals surface area contributed by atoms with Gasteiger partial charge in [-0.1, -0.05) is 6.42 Å². The summed E-state index contributed by atoms with van der Waals surface area (Å²) in [6.07, 6.45) is 7.32. The predicted molar refractivity (Wildman–Crippen MR) is 66.7 cm³/mol. The third-order valence-corrected chi connectivity index (χ3v) is 3.30. The van der Waals surface area contributed by atoms with Gasteiger partial charge in [-0.05, 0) is 12.8 Å². The molecule has 2 rings (SSSR count). The molecule has 0 spiro atoms. The van der Waals surface area contributed by atoms with E-state index in [-0.39, 0.29) is 6.61 Å². The molecule has 0 amide bonds. The first-order valence-electron chi connectivity index (χ1n) is 6.17. The van der Waals surface area contributed by atoms with E-state index in [2.05, 4.69) is 20.2 Å². The molecule has 17 heavy (non-hydrogen) atoms. The molecule has 1 aliphatic carbocycles. The lowest BCUT2D eigenvalue weighted by Gasteiger charge is -2.36. The van der Waals surface area contributed by atoms with Crippen LogP contribution < -0.4 is 5.32 Å². The summed E-state index contributed by atoms with van der Waals surface area (Å²) in [6.45, 7) is 1.71. The maximum atomic E-state index is 9.08. The van der Waals surface area contributed by atoms with Gasteiger partial charge in [0.05, 0.1) is 24.7 Å². The van der Waals surface area contributed by atoms with Crippen LogP contribution in [0.4, 0.5) is 5.82 Å². The van der Waals surface area contributed by atoms with Gasteiger partial charge < -0.3 is 10.4 Å². The fourth-order valence-corrected chi connectivity index (χ4v) is 2.04. The van der Waals surface area contributed by atoms with Gasteiger partial charge in [0, 0.05) is 26.2 Å². The van der Waals surface area contributed by atoms with Crippen molar-refractivity contribution in [3.8, 4) is 0 Å². The Bertz CT molecular complexity index is 337. The van der Waals surface area contributed by atoms with E-state index >= 15 is 0 Å². The molecule has 0 saturated heterocycles. The van der Waals surface area contributed by atoms with Gasteiger partial charge in [0.2, 0.25) is 0 Å². The van der Waals surface area contributed by atoms with Crippen molar-refractivity contribution in [3.63, 3.8) is 0 Å². The topological polar surface area (TPSA) is 61.3 Å². The molecule has 94 valence electrons. The van der Waals surface area contributed by atoms with Crippen molar-refractivity contribution in [2.45, 2.75) is 31.8 Å². The summed E-state index contributed by atoms with van der Waals surface area (Å²) in [7, 11) is 1.83. The molecule has 1 aliphatic rings. The molecular formula is C12H20N4O. The van der Waals surface area contributed by atoms with Crippen LogP contribution in [0.1, 0.15) is 25.0 Å². The van der Waals surface area contributed by atoms with Gasteiger partial charge >= 0.3 is 0 Å². The van der Waals surface area contributed by atoms with Gasteiger partial charge in [0.15, 0.2) is 0 Å². The minimum atomic E-state index is 0.207. The second-order valence-electron chi connectivity index (χ2n) is 4.42. The van der Waals surface area contributed by atoms with Crippen molar-refractivity contribution in [3.05, 3.63) is 18.1 Å². The van der Waals surface area contributed by atoms with E-state index in [1.165, 1.54) is 19.3 Å². The number of aliphatic hydroxyl groups is 1. The number of hydrogen-bond donors (Lipinski definition) is 2. The Balaban J connectivity index is 1.95. The summed E-state index contributed by atoms with van der Waals surface area (Å²) in [4.78, 5) is 10.9. The first-order valence-corrected chi connectivity index (χ1v) is 6.17. The van der Waals surface area contributed by atoms with Crippen LogP contribution in [0, 0.1) is 0 Å². The Labute approximate surface area is 102 Å². The number of hydrogen-bond acceptors (Lipinski definition) is 5. The van der Waals surface area contributed by atoms with Gasteiger partial charge in [-0.3, -0.25) is 9.88 Å². The molecule has 1 aromatic rings. The van der Waals surface area contributed by atoms with Crippen molar-refractivity contribution in [2.24, 2.45) is 0 Å². The third-order valence-electron chi connectivity index (χ3n) is 3.30. The van der Waals surface area contributed by atoms with Gasteiger partial charge in [-0.2, -0.15) is 0 Å². The molecule has 0 aliphatic heterocycles. The fourth-order valence-electron chi connectivity index (χ4n) is 2.04. The first kappa shape index (κ1) is 12.3. The summed E-state index contributed by atoms with van der Waals surface area (Å²) in [5.41, 5.74) is 0.962. The molecule has 0 atom stereocenters. The predicted octanol–water partition coefficient (Wildman–Crippen LogP) is 0.865. The Hall–Kier alpha value is -1.20. The van der Waals surface area contributed by atoms with E-state index in [1.54, 1.807) is 12.4 Å². The van der Waals surface area contributed by atoms with E-state index in [1.807, 2.05) is 7.05 Å². The summed E-state index contributed by atoms with van der Waals surface area (Å²) in [6, 6.07) is 0.618. The molecule has 5 nitrogen and oxygen atoms in total. The second kappa shape index (κ2) is 5.93. The smallest absolute Gasteiger partial charge is 0.144 e. The fraction of sp³-hybridized carbons (Fsp3) is 0.667. The lowest BCUT2D eigenvalue weighted by Crippen LogP contribution is -2.41. The summed E-state index contributed by atoms with van der Waals surface area (Å²) >= 11 is 0. The van der Waals surface area contributed by atoms with Crippen LogP contribution in [0.5, 0.6) is 0 Å². The van der Waals surface area contributed by atoms with Crippen molar-refractivity contribution >= 4 is 5.82 Å². The Morgan fingerprint density at radius 3 is 2.71 bits per heavy atom. The zero-order valence-corrected chi connectivity index (χ0v) is 10.3. The Morgan fingerprint density at radius 1 is 1.41 bits per heavy atom. The summed E-state index contributed by atoms with van der Waals surface area (Å²) in [5.74, 6) is 0.783. The number of rotatable bonds is 6. The maximum absolute atomic E-state index is 9.08. The number of aliphatic hydroxyl groups excluding tert-OH is 1. The van der Waals surface area contributed by atoms with Crippen LogP contribution in [-0.2, 0) is 6.54 Å². The summed E-state index contributed by atoms with van der Waals surface area (Å²) in [5, 5.41) is 12.0. The van der Waals surface area contributed by atoms with Crippen LogP contribution in [0.3, 0.4) is 0 Å². The van der Waals surface area contributed by atoms with Gasteiger partial charge in [-0.25, -0.2) is 4.98 Å². The first-order chi connectivity index (χ1) is 8.33. The highest BCUT2D eigenvalue weighted by Crippen LogP contribution is 2.25. The highest BCUT2D eigenvalue weighted by atomic mass is 16.3. The number of nitrogens with one attached hydrogen (secondary N) is 1. The molecule has 0 unspecified atom stereocenters. The van der Waals surface area contributed by atoms with E-state index in [9.17, 15) is 0 Å². The van der Waals surface area contributed by atoms with Crippen LogP contribution in [-0.4, -0.2) is 46.2 Å². The quantitative estimate of drug-likeness (QED) is 0.767. The monoisotopic (exact) mass is 236 g/mol. The van der Waals surface area contributed by atoms with Crippen molar-refractivity contribution in [1.82, 2.24) is 14.9 Å². The largest absolute Gasteiger partial charge is 0.395 e. The Morgan fingerprint density at radius 2 is 2.24 bits per heavy atom. The minimum absolute atomic E-state index is 0.207. The second-order valence-corrected chi connectivity index (χ2v) is 4.42. The lowest BCUT2D eigenvalue weighted by atomic mass is 9.91. The number of anilines is 1. The molecule has 5 heteroatoms. The molecule has 0 bridgehead atoms. The Kier molecular flexibility index (Phi) is 4.28. The van der Waals surface area contributed by atoms with E-state index in [0.29, 0.717) is 6.04 Å². The molecule has 2 N–H and O–H groups in total. The van der Waals surface area contributed by atoms with Crippen LogP contribution in [0.2, 0.25) is 0 Å². The van der Waals surface area contributed by atoms with Crippen molar-refractivity contribution in [2.75, 3.05) is 25.5 Å². The third kappa shape index (κ3) is 3.14. The summed E-state index contributed by atoms with van der Waals surface area (Å²) < 4.78 is 0. The van der Waals surface area contributed by atoms with E-state index in [4.69, 9.17) is 5.11 Å². The van der Waals surface area contributed by atoms with Crippen molar-refractivity contribution in [1.29, 1.82) is 0 Å². The molecule has 1 heterocycles. The lowest BCUT2D eigenvalue weighted by molar-refractivity contribution is 0.0932. The van der Waals surface area contributed by atoms with Crippen LogP contribution in [0.15, 0.2) is 12.4 Å².